The molecule has 0 N–H and O–H groups in total. The molecule has 0 saturated carbocycles. The Hall–Kier alpha value is -9.88. The van der Waals surface area contributed by atoms with E-state index < -0.39 is 0 Å². The van der Waals surface area contributed by atoms with Crippen LogP contribution >= 0.6 is 0 Å². The second-order valence-electron chi connectivity index (χ2n) is 20.4. The number of hydrogen-bond acceptors (Lipinski definition) is 0. The molecule has 0 unspecified atom stereocenters. The highest BCUT2D eigenvalue weighted by Gasteiger charge is 1.93. The zero-order valence-corrected chi connectivity index (χ0v) is 54.5. The lowest BCUT2D eigenvalue weighted by molar-refractivity contribution is 0.921. The maximum atomic E-state index is 3.73. The molecule has 0 aliphatic rings. The standard InChI is InChI=1S/2C13H14.2C11H12.2C11H14.2C9H10/c1-3-4-5-6-9-13-10-7-8-12(2)11-13;1-3-4-5-6-7-13-10-8-12(2)9-11-13;1-3-4-7-11-8-5-6-10(2)9-11;1-3-4-5-11-8-6-10(2)7-9-11;1-3-6-11-8-5-7-10(4-2)9-11;1-3-5-11-8-6-10(4-2)7-9-11;1-3-9-6-4-8(2)5-7-9;1-3-9-6-4-5-8(2)7-9/h2*3-11H,1H2,2H3;2*3-9H,1H2,2H3;4-5,7-9H,2-3,6H2,1H3;4,6-9H,2-3,5H2,1H3;2*3-7H,1H2,2H3/b5-4+,9-6+;5-4+,7-6+;7-4+;5-4+;;;;. The van der Waals surface area contributed by atoms with Crippen molar-refractivity contribution in [2.24, 2.45) is 0 Å². The molecule has 0 amide bonds. The van der Waals surface area contributed by atoms with Crippen molar-refractivity contribution >= 4 is 48.6 Å². The van der Waals surface area contributed by atoms with Gasteiger partial charge in [-0.2, -0.15) is 0 Å². The van der Waals surface area contributed by atoms with Gasteiger partial charge in [-0.1, -0.05) is 428 Å². The van der Waals surface area contributed by atoms with Gasteiger partial charge in [0.2, 0.25) is 0 Å². The Balaban J connectivity index is 0.000000504. The van der Waals surface area contributed by atoms with Gasteiger partial charge in [-0.25, -0.2) is 0 Å². The van der Waals surface area contributed by atoms with Crippen molar-refractivity contribution in [1.82, 2.24) is 0 Å². The Bertz CT molecular complexity index is 3410. The minimum absolute atomic E-state index is 1.17. The molecule has 0 aliphatic carbocycles. The first-order valence-electron chi connectivity index (χ1n) is 30.3. The van der Waals surface area contributed by atoms with E-state index in [1.165, 1.54) is 115 Å². The van der Waals surface area contributed by atoms with E-state index in [0.29, 0.717) is 0 Å². The third-order valence-electron chi connectivity index (χ3n) is 12.5. The third kappa shape index (κ3) is 39.6. The van der Waals surface area contributed by atoms with Gasteiger partial charge in [0, 0.05) is 0 Å². The third-order valence-corrected chi connectivity index (χ3v) is 12.5. The Labute approximate surface area is 535 Å². The molecule has 0 nitrogen and oxygen atoms in total. The predicted molar refractivity (Wildman–Crippen MR) is 404 cm³/mol. The summed E-state index contributed by atoms with van der Waals surface area (Å²) in [6.07, 6.45) is 43.2. The molecule has 0 heteroatoms. The number of allylic oxidation sites excluding steroid dienone is 12. The van der Waals surface area contributed by atoms with Crippen molar-refractivity contribution in [3.05, 3.63) is 409 Å². The molecule has 0 bridgehead atoms. The van der Waals surface area contributed by atoms with Gasteiger partial charge in [-0.3, -0.25) is 0 Å². The second-order valence-corrected chi connectivity index (χ2v) is 20.4. The first-order valence-corrected chi connectivity index (χ1v) is 30.3. The van der Waals surface area contributed by atoms with Crippen molar-refractivity contribution in [3.8, 4) is 0 Å². The molecule has 0 aliphatic heterocycles. The minimum atomic E-state index is 1.17. The van der Waals surface area contributed by atoms with Crippen molar-refractivity contribution < 1.29 is 0 Å². The molecule has 0 saturated heterocycles. The Morgan fingerprint density at radius 3 is 0.886 bits per heavy atom. The summed E-state index contributed by atoms with van der Waals surface area (Å²) >= 11 is 0. The first kappa shape index (κ1) is 76.1. The summed E-state index contributed by atoms with van der Waals surface area (Å²) in [5.74, 6) is 0. The SMILES string of the molecule is C=C/C=C/C=C/c1ccc(C)cc1.C=C/C=C/C=C/c1cccc(C)c1.C=C/C=C/c1ccc(C)cc1.C=C/C=C/c1cccc(C)c1.C=Cc1ccc(C)cc1.C=Cc1ccc(CCC)cc1.C=Cc1cccc(C)c1.C=Cc1cccc(CCC)c1. The Kier molecular flexibility index (Phi) is 43.6. The van der Waals surface area contributed by atoms with Gasteiger partial charge < -0.3 is 0 Å². The number of benzene rings is 8. The fraction of sp³-hybridized carbons (Fsp3) is 0.136. The van der Waals surface area contributed by atoms with Crippen LogP contribution in [0.3, 0.4) is 0 Å². The molecule has 0 radical (unpaired) electrons. The van der Waals surface area contributed by atoms with Gasteiger partial charge in [-0.15, -0.1) is 0 Å². The molecule has 0 aromatic heterocycles. The lowest BCUT2D eigenvalue weighted by Crippen LogP contribution is -1.82. The summed E-state index contributed by atoms with van der Waals surface area (Å²) in [6, 6.07) is 67.2. The van der Waals surface area contributed by atoms with Crippen molar-refractivity contribution in [2.45, 2.75) is 81.1 Å². The van der Waals surface area contributed by atoms with Gasteiger partial charge in [0.25, 0.3) is 0 Å². The zero-order chi connectivity index (χ0) is 64.8. The van der Waals surface area contributed by atoms with E-state index in [-0.39, 0.29) is 0 Å². The van der Waals surface area contributed by atoms with Crippen molar-refractivity contribution in [3.63, 3.8) is 0 Å². The van der Waals surface area contributed by atoms with Crippen LogP contribution in [0, 0.1) is 41.5 Å². The van der Waals surface area contributed by atoms with E-state index in [1.54, 1.807) is 24.3 Å². The maximum absolute atomic E-state index is 3.73. The average Bonchev–Trinajstić information content (AvgIpc) is 3.56. The number of aryl methyl sites for hydroxylation is 8. The highest BCUT2D eigenvalue weighted by Crippen LogP contribution is 2.12. The van der Waals surface area contributed by atoms with Crippen LogP contribution in [0.15, 0.2) is 320 Å². The quantitative estimate of drug-likeness (QED) is 0.0751. The van der Waals surface area contributed by atoms with Crippen LogP contribution in [0.5, 0.6) is 0 Å². The van der Waals surface area contributed by atoms with Crippen LogP contribution in [-0.4, -0.2) is 0 Å². The highest BCUT2D eigenvalue weighted by molar-refractivity contribution is 5.55. The van der Waals surface area contributed by atoms with Crippen LogP contribution in [0.1, 0.15) is 116 Å². The average molecular weight is 1160 g/mol. The van der Waals surface area contributed by atoms with E-state index in [4.69, 9.17) is 0 Å². The van der Waals surface area contributed by atoms with E-state index in [1.807, 2.05) is 97.2 Å². The molecular formula is C88H100. The molecule has 0 atom stereocenters. The molecule has 0 spiro atoms. The lowest BCUT2D eigenvalue weighted by atomic mass is 10.1. The van der Waals surface area contributed by atoms with E-state index >= 15 is 0 Å². The molecule has 0 fully saturated rings. The van der Waals surface area contributed by atoms with E-state index in [2.05, 4.69) is 302 Å². The molecule has 8 aromatic carbocycles. The summed E-state index contributed by atoms with van der Waals surface area (Å²) in [6.45, 7) is 46.1. The molecule has 452 valence electrons. The van der Waals surface area contributed by atoms with Crippen molar-refractivity contribution in [1.29, 1.82) is 0 Å². The van der Waals surface area contributed by atoms with Crippen LogP contribution in [0.2, 0.25) is 0 Å². The Morgan fingerprint density at radius 1 is 0.239 bits per heavy atom. The monoisotopic (exact) mass is 1160 g/mol. The molecule has 8 aromatic rings. The molecular weight excluding hydrogens is 1060 g/mol. The summed E-state index contributed by atoms with van der Waals surface area (Å²) in [5.41, 5.74) is 20.2. The van der Waals surface area contributed by atoms with Gasteiger partial charge in [-0.05, 0) is 110 Å². The lowest BCUT2D eigenvalue weighted by Gasteiger charge is -1.98. The van der Waals surface area contributed by atoms with Gasteiger partial charge >= 0.3 is 0 Å². The fourth-order valence-electron chi connectivity index (χ4n) is 7.65. The van der Waals surface area contributed by atoms with Crippen LogP contribution in [-0.2, 0) is 12.8 Å². The predicted octanol–water partition coefficient (Wildman–Crippen LogP) is 25.7. The largest absolute Gasteiger partial charge is 0.0991 e. The molecule has 8 rings (SSSR count). The van der Waals surface area contributed by atoms with Crippen LogP contribution in [0.25, 0.3) is 48.6 Å². The fourth-order valence-corrected chi connectivity index (χ4v) is 7.65. The summed E-state index contributed by atoms with van der Waals surface area (Å²) in [7, 11) is 0. The van der Waals surface area contributed by atoms with Gasteiger partial charge in [0.15, 0.2) is 0 Å². The normalized spacial score (nSPS) is 10.1. The topological polar surface area (TPSA) is 0 Å². The first-order chi connectivity index (χ1) is 42.7. The van der Waals surface area contributed by atoms with E-state index in [0.717, 1.165) is 0 Å². The zero-order valence-electron chi connectivity index (χ0n) is 54.5. The van der Waals surface area contributed by atoms with Gasteiger partial charge in [0.05, 0.1) is 0 Å². The summed E-state index contributed by atoms with van der Waals surface area (Å²) in [4.78, 5) is 0. The minimum Gasteiger partial charge on any atom is -0.0991 e. The maximum Gasteiger partial charge on any atom is -0.0254 e. The van der Waals surface area contributed by atoms with Crippen molar-refractivity contribution in [2.75, 3.05) is 0 Å². The highest BCUT2D eigenvalue weighted by atomic mass is 14.0. The smallest absolute Gasteiger partial charge is 0.0254 e. The summed E-state index contributed by atoms with van der Waals surface area (Å²) < 4.78 is 0. The molecule has 88 heavy (non-hydrogen) atoms. The van der Waals surface area contributed by atoms with Gasteiger partial charge in [0.1, 0.15) is 0 Å². The second kappa shape index (κ2) is 50.4. The van der Waals surface area contributed by atoms with Crippen LogP contribution in [0.4, 0.5) is 0 Å². The Morgan fingerprint density at radius 2 is 0.534 bits per heavy atom. The number of rotatable bonds is 18. The molecule has 0 heterocycles. The van der Waals surface area contributed by atoms with E-state index in [9.17, 15) is 0 Å². The van der Waals surface area contributed by atoms with Crippen LogP contribution < -0.4 is 0 Å². The summed E-state index contributed by atoms with van der Waals surface area (Å²) in [5, 5.41) is 0. The number of hydrogen-bond donors (Lipinski definition) is 0.